The molecular weight excluding hydrogens is 364 g/mol. The average Bonchev–Trinajstić information content (AvgIpc) is 2.97. The Kier molecular flexibility index (Phi) is 5.67. The maximum atomic E-state index is 12.4. The van der Waals surface area contributed by atoms with Crippen LogP contribution < -0.4 is 0 Å². The summed E-state index contributed by atoms with van der Waals surface area (Å²) < 4.78 is 26.4. The molecule has 1 amide bonds. The van der Waals surface area contributed by atoms with Gasteiger partial charge in [-0.25, -0.2) is 13.1 Å². The molecule has 2 aromatic rings. The van der Waals surface area contributed by atoms with Crippen molar-refractivity contribution in [3.8, 4) is 5.69 Å². The summed E-state index contributed by atoms with van der Waals surface area (Å²) in [6, 6.07) is 10.1. The van der Waals surface area contributed by atoms with E-state index in [9.17, 15) is 13.2 Å². The second-order valence-corrected chi connectivity index (χ2v) is 9.03. The van der Waals surface area contributed by atoms with E-state index in [0.29, 0.717) is 39.0 Å². The van der Waals surface area contributed by atoms with Gasteiger partial charge < -0.3 is 4.90 Å². The lowest BCUT2D eigenvalue weighted by Gasteiger charge is -2.33. The molecule has 27 heavy (non-hydrogen) atoms. The van der Waals surface area contributed by atoms with Gasteiger partial charge in [0.25, 0.3) is 0 Å². The summed E-state index contributed by atoms with van der Waals surface area (Å²) in [5.74, 6) is 0.0748. The van der Waals surface area contributed by atoms with Crippen molar-refractivity contribution >= 4 is 15.9 Å². The molecule has 1 aromatic carbocycles. The standard InChI is InChI=1S/C19H26N4O3S/c1-15-14-16(2)23(20-15)18-7-4-17(5-8-18)6-9-19(24)21-10-12-22(13-11-21)27(3,25)26/h4-5,7-8,14H,6,9-13H2,1-3H3. The van der Waals surface area contributed by atoms with E-state index in [2.05, 4.69) is 5.10 Å². The fraction of sp³-hybridized carbons (Fsp3) is 0.474. The zero-order valence-corrected chi connectivity index (χ0v) is 16.9. The topological polar surface area (TPSA) is 75.5 Å². The smallest absolute Gasteiger partial charge is 0.222 e. The molecule has 1 aliphatic heterocycles. The molecule has 0 N–H and O–H groups in total. The molecule has 1 aliphatic rings. The van der Waals surface area contributed by atoms with Crippen molar-refractivity contribution in [1.82, 2.24) is 19.0 Å². The number of benzene rings is 1. The number of carbonyl (C=O) groups is 1. The van der Waals surface area contributed by atoms with Crippen LogP contribution in [0.25, 0.3) is 5.69 Å². The van der Waals surface area contributed by atoms with Gasteiger partial charge in [-0.05, 0) is 44.0 Å². The van der Waals surface area contributed by atoms with Crippen molar-refractivity contribution in [1.29, 1.82) is 0 Å². The van der Waals surface area contributed by atoms with Gasteiger partial charge in [0.1, 0.15) is 0 Å². The molecule has 1 fully saturated rings. The Bertz CT molecular complexity index is 911. The molecule has 3 rings (SSSR count). The second-order valence-electron chi connectivity index (χ2n) is 7.05. The summed E-state index contributed by atoms with van der Waals surface area (Å²) in [5.41, 5.74) is 4.18. The quantitative estimate of drug-likeness (QED) is 0.776. The predicted octanol–water partition coefficient (Wildman–Crippen LogP) is 1.53. The number of nitrogens with zero attached hydrogens (tertiary/aromatic N) is 4. The van der Waals surface area contributed by atoms with Crippen molar-refractivity contribution < 1.29 is 13.2 Å². The summed E-state index contributed by atoms with van der Waals surface area (Å²) in [6.45, 7) is 5.67. The highest BCUT2D eigenvalue weighted by Gasteiger charge is 2.25. The Morgan fingerprint density at radius 2 is 1.70 bits per heavy atom. The number of amides is 1. The Morgan fingerprint density at radius 3 is 2.22 bits per heavy atom. The van der Waals surface area contributed by atoms with Crippen LogP contribution in [0.1, 0.15) is 23.4 Å². The van der Waals surface area contributed by atoms with Gasteiger partial charge in [-0.2, -0.15) is 9.40 Å². The van der Waals surface area contributed by atoms with E-state index < -0.39 is 10.0 Å². The Balaban J connectivity index is 1.53. The third-order valence-electron chi connectivity index (χ3n) is 4.88. The fourth-order valence-corrected chi connectivity index (χ4v) is 4.20. The summed E-state index contributed by atoms with van der Waals surface area (Å²) >= 11 is 0. The van der Waals surface area contributed by atoms with Gasteiger partial charge in [0.2, 0.25) is 15.9 Å². The molecule has 0 saturated carbocycles. The van der Waals surface area contributed by atoms with E-state index >= 15 is 0 Å². The van der Waals surface area contributed by atoms with Crippen molar-refractivity contribution in [3.63, 3.8) is 0 Å². The predicted molar refractivity (Wildman–Crippen MR) is 104 cm³/mol. The van der Waals surface area contributed by atoms with Crippen LogP contribution in [0, 0.1) is 13.8 Å². The van der Waals surface area contributed by atoms with Crippen LogP contribution in [0.2, 0.25) is 0 Å². The minimum atomic E-state index is -3.17. The van der Waals surface area contributed by atoms with E-state index in [1.807, 2.05) is 48.9 Å². The first-order chi connectivity index (χ1) is 12.7. The number of carbonyl (C=O) groups excluding carboxylic acids is 1. The van der Waals surface area contributed by atoms with Crippen LogP contribution in [0.4, 0.5) is 0 Å². The number of hydrogen-bond acceptors (Lipinski definition) is 4. The average molecular weight is 391 g/mol. The number of hydrogen-bond donors (Lipinski definition) is 0. The highest BCUT2D eigenvalue weighted by Crippen LogP contribution is 2.15. The number of rotatable bonds is 5. The van der Waals surface area contributed by atoms with Gasteiger partial charge in [0.15, 0.2) is 0 Å². The van der Waals surface area contributed by atoms with E-state index in [1.54, 1.807) is 4.90 Å². The molecule has 8 heteroatoms. The molecule has 0 aliphatic carbocycles. The largest absolute Gasteiger partial charge is 0.340 e. The molecular formula is C19H26N4O3S. The highest BCUT2D eigenvalue weighted by molar-refractivity contribution is 7.88. The molecule has 1 saturated heterocycles. The summed E-state index contributed by atoms with van der Waals surface area (Å²) in [5, 5.41) is 4.48. The lowest BCUT2D eigenvalue weighted by atomic mass is 10.1. The molecule has 1 aromatic heterocycles. The molecule has 0 unspecified atom stereocenters. The molecule has 2 heterocycles. The van der Waals surface area contributed by atoms with E-state index in [4.69, 9.17) is 0 Å². The number of piperazine rings is 1. The molecule has 0 atom stereocenters. The number of aryl methyl sites for hydroxylation is 3. The van der Waals surface area contributed by atoms with Gasteiger partial charge in [-0.3, -0.25) is 4.79 Å². The van der Waals surface area contributed by atoms with Gasteiger partial charge in [-0.15, -0.1) is 0 Å². The molecule has 0 bridgehead atoms. The Hall–Kier alpha value is -2.19. The second kappa shape index (κ2) is 7.82. The molecule has 0 spiro atoms. The first kappa shape index (κ1) is 19.6. The molecule has 0 radical (unpaired) electrons. The normalized spacial score (nSPS) is 15.9. The van der Waals surface area contributed by atoms with Crippen LogP contribution in [-0.2, 0) is 21.2 Å². The number of aromatic nitrogens is 2. The van der Waals surface area contributed by atoms with Gasteiger partial charge in [-0.1, -0.05) is 12.1 Å². The third-order valence-corrected chi connectivity index (χ3v) is 6.18. The van der Waals surface area contributed by atoms with Crippen LogP contribution in [0.3, 0.4) is 0 Å². The van der Waals surface area contributed by atoms with E-state index in [1.165, 1.54) is 10.6 Å². The zero-order valence-electron chi connectivity index (χ0n) is 16.1. The summed E-state index contributed by atoms with van der Waals surface area (Å²) in [7, 11) is -3.17. The van der Waals surface area contributed by atoms with E-state index in [-0.39, 0.29) is 5.91 Å². The minimum absolute atomic E-state index is 0.0748. The third kappa shape index (κ3) is 4.75. The van der Waals surface area contributed by atoms with E-state index in [0.717, 1.165) is 22.6 Å². The van der Waals surface area contributed by atoms with Crippen LogP contribution in [-0.4, -0.2) is 65.7 Å². The fourth-order valence-electron chi connectivity index (χ4n) is 3.37. The van der Waals surface area contributed by atoms with Crippen molar-refractivity contribution in [2.45, 2.75) is 26.7 Å². The highest BCUT2D eigenvalue weighted by atomic mass is 32.2. The van der Waals surface area contributed by atoms with Gasteiger partial charge in [0.05, 0.1) is 17.6 Å². The van der Waals surface area contributed by atoms with Gasteiger partial charge in [0, 0.05) is 38.3 Å². The lowest BCUT2D eigenvalue weighted by Crippen LogP contribution is -2.50. The first-order valence-electron chi connectivity index (χ1n) is 9.09. The van der Waals surface area contributed by atoms with Crippen LogP contribution in [0.15, 0.2) is 30.3 Å². The Morgan fingerprint density at radius 1 is 1.07 bits per heavy atom. The van der Waals surface area contributed by atoms with Gasteiger partial charge >= 0.3 is 0 Å². The minimum Gasteiger partial charge on any atom is -0.340 e. The maximum absolute atomic E-state index is 12.4. The van der Waals surface area contributed by atoms with Crippen LogP contribution in [0.5, 0.6) is 0 Å². The summed E-state index contributed by atoms with van der Waals surface area (Å²) in [6.07, 6.45) is 2.31. The molecule has 146 valence electrons. The van der Waals surface area contributed by atoms with Crippen molar-refractivity contribution in [3.05, 3.63) is 47.3 Å². The SMILES string of the molecule is Cc1cc(C)n(-c2ccc(CCC(=O)N3CCN(S(C)(=O)=O)CC3)cc2)n1. The zero-order chi connectivity index (χ0) is 19.6. The monoisotopic (exact) mass is 390 g/mol. The van der Waals surface area contributed by atoms with Crippen molar-refractivity contribution in [2.75, 3.05) is 32.4 Å². The number of sulfonamides is 1. The lowest BCUT2D eigenvalue weighted by molar-refractivity contribution is -0.132. The maximum Gasteiger partial charge on any atom is 0.222 e. The first-order valence-corrected chi connectivity index (χ1v) is 10.9. The van der Waals surface area contributed by atoms with Crippen LogP contribution >= 0.6 is 0 Å². The molecule has 7 nitrogen and oxygen atoms in total. The Labute approximate surface area is 160 Å². The summed E-state index contributed by atoms with van der Waals surface area (Å²) in [4.78, 5) is 14.2. The van der Waals surface area contributed by atoms with Crippen molar-refractivity contribution in [2.24, 2.45) is 0 Å².